The van der Waals surface area contributed by atoms with E-state index in [-0.39, 0.29) is 133 Å². The van der Waals surface area contributed by atoms with Gasteiger partial charge in [-0.1, -0.05) is 0 Å². The predicted octanol–water partition coefficient (Wildman–Crippen LogP) is -1.76. The summed E-state index contributed by atoms with van der Waals surface area (Å²) in [6.07, 6.45) is 0. The maximum Gasteiger partial charge on any atom is 4.00 e. The molecule has 2 nitrogen and oxygen atoms in total. The van der Waals surface area contributed by atoms with Crippen LogP contribution in [0.2, 0.25) is 0 Å². The molecule has 0 aliphatic heterocycles. The zero-order valence-corrected chi connectivity index (χ0v) is 17.1. The Labute approximate surface area is 130 Å². The van der Waals surface area contributed by atoms with E-state index in [1.807, 2.05) is 0 Å². The van der Waals surface area contributed by atoms with Crippen molar-refractivity contribution < 1.29 is 33.3 Å². The molecular formula is AgIn2O2Sn2+11. The smallest absolute Gasteiger partial charge is 2.00 e. The molecule has 0 saturated heterocycles. The molecule has 0 aliphatic carbocycles. The molecule has 0 spiro atoms. The molecule has 0 atom stereocenters. The molecule has 0 N–H and O–H groups in total. The van der Waals surface area contributed by atoms with E-state index in [1.54, 1.807) is 0 Å². The molecule has 0 rings (SSSR count). The Morgan fingerprint density at radius 2 is 0.571 bits per heavy atom. The first-order chi connectivity index (χ1) is 0. The zero-order valence-electron chi connectivity index (χ0n) is 3.27. The summed E-state index contributed by atoms with van der Waals surface area (Å²) in [5, 5.41) is 0. The third-order valence-corrected chi connectivity index (χ3v) is 0. The first-order valence-corrected chi connectivity index (χ1v) is 0. The summed E-state index contributed by atoms with van der Waals surface area (Å²) >= 11 is 0. The van der Waals surface area contributed by atoms with Crippen LogP contribution in [0.1, 0.15) is 0 Å². The van der Waals surface area contributed by atoms with Crippen molar-refractivity contribution >= 4 is 99.5 Å². The second-order valence-corrected chi connectivity index (χ2v) is 0. The average Bonchev–Trinajstić information content (AvgIpc) is 0. The minimum Gasteiger partial charge on any atom is -2.00 e. The van der Waals surface area contributed by atoms with E-state index in [9.17, 15) is 0 Å². The Morgan fingerprint density at radius 1 is 0.571 bits per heavy atom. The molecular weight excluding hydrogens is 607 g/mol. The standard InChI is InChI=1S/Ag.2In.2O.2Sn/q+1;2*+3;2*-2;2*+4. The Kier molecular flexibility index (Phi) is 498. The summed E-state index contributed by atoms with van der Waals surface area (Å²) in [6.45, 7) is 0. The normalized spacial score (nSPS) is 0. The third kappa shape index (κ3) is 40.0. The molecule has 0 aromatic carbocycles. The fraction of sp³-hybridized carbons (Fsp3) is 0. The monoisotopic (exact) mass is 609 g/mol. The first-order valence-electron chi connectivity index (χ1n) is 0. The van der Waals surface area contributed by atoms with Crippen LogP contribution in [0.5, 0.6) is 0 Å². The van der Waals surface area contributed by atoms with E-state index in [2.05, 4.69) is 0 Å². The van der Waals surface area contributed by atoms with Gasteiger partial charge in [0.1, 0.15) is 0 Å². The summed E-state index contributed by atoms with van der Waals surface area (Å²) in [5.41, 5.74) is 0. The molecule has 7 heteroatoms. The van der Waals surface area contributed by atoms with Gasteiger partial charge in [-0.3, -0.25) is 0 Å². The fourth-order valence-corrected chi connectivity index (χ4v) is 0. The Balaban J connectivity index is 0. The summed E-state index contributed by atoms with van der Waals surface area (Å²) in [4.78, 5) is 0. The van der Waals surface area contributed by atoms with E-state index in [1.165, 1.54) is 0 Å². The van der Waals surface area contributed by atoms with Gasteiger partial charge in [-0.15, -0.1) is 0 Å². The van der Waals surface area contributed by atoms with E-state index in [4.69, 9.17) is 0 Å². The second kappa shape index (κ2) is 50.6. The van der Waals surface area contributed by atoms with E-state index in [0.717, 1.165) is 0 Å². The van der Waals surface area contributed by atoms with Gasteiger partial charge in [0, 0.05) is 0 Å². The van der Waals surface area contributed by atoms with Gasteiger partial charge in [-0.05, 0) is 0 Å². The van der Waals surface area contributed by atoms with Crippen molar-refractivity contribution in [3.8, 4) is 0 Å². The van der Waals surface area contributed by atoms with Crippen molar-refractivity contribution in [1.29, 1.82) is 0 Å². The van der Waals surface area contributed by atoms with Crippen molar-refractivity contribution in [3.63, 3.8) is 0 Å². The summed E-state index contributed by atoms with van der Waals surface area (Å²) < 4.78 is 0. The number of hydrogen-bond acceptors (Lipinski definition) is 0. The third-order valence-electron chi connectivity index (χ3n) is 0. The van der Waals surface area contributed by atoms with Gasteiger partial charge in [0.15, 0.2) is 0 Å². The van der Waals surface area contributed by atoms with Gasteiger partial charge < -0.3 is 11.0 Å². The number of rotatable bonds is 0. The van der Waals surface area contributed by atoms with Crippen LogP contribution >= 0.6 is 0 Å². The molecule has 0 unspecified atom stereocenters. The van der Waals surface area contributed by atoms with E-state index < -0.39 is 0 Å². The van der Waals surface area contributed by atoms with Gasteiger partial charge in [0.05, 0.1) is 0 Å². The van der Waals surface area contributed by atoms with Crippen molar-refractivity contribution in [2.24, 2.45) is 0 Å². The first kappa shape index (κ1) is 68.8. The minimum atomic E-state index is 0. The molecule has 0 bridgehead atoms. The van der Waals surface area contributed by atoms with Crippen LogP contribution in [0, 0.1) is 0 Å². The van der Waals surface area contributed by atoms with Crippen LogP contribution < -0.4 is 0 Å². The molecule has 0 aromatic rings. The van der Waals surface area contributed by atoms with Gasteiger partial charge in [-0.2, -0.15) is 0 Å². The molecule has 0 amide bonds. The molecule has 0 heterocycles. The van der Waals surface area contributed by atoms with Crippen LogP contribution in [0.15, 0.2) is 0 Å². The zero-order chi connectivity index (χ0) is 0. The minimum absolute atomic E-state index is 0. The molecule has 26 valence electrons. The predicted molar refractivity (Wildman–Crippen MR) is 24.4 cm³/mol. The summed E-state index contributed by atoms with van der Waals surface area (Å²) in [7, 11) is 0. The molecule has 0 saturated carbocycles. The Morgan fingerprint density at radius 3 is 0.571 bits per heavy atom. The van der Waals surface area contributed by atoms with Crippen LogP contribution in [-0.4, -0.2) is 99.5 Å². The van der Waals surface area contributed by atoms with Crippen LogP contribution in [0.25, 0.3) is 0 Å². The summed E-state index contributed by atoms with van der Waals surface area (Å²) in [6, 6.07) is 0. The molecule has 0 aromatic heterocycles. The van der Waals surface area contributed by atoms with Crippen molar-refractivity contribution in [3.05, 3.63) is 0 Å². The second-order valence-electron chi connectivity index (χ2n) is 0. The van der Waals surface area contributed by atoms with Crippen LogP contribution in [0.3, 0.4) is 0 Å². The van der Waals surface area contributed by atoms with E-state index in [0.29, 0.717) is 0 Å². The maximum absolute atomic E-state index is 0. The SMILES string of the molecule is [Ag+].[In+3].[In+3].[O-2].[O-2].[Sn+4].[Sn+4]. The van der Waals surface area contributed by atoms with Gasteiger partial charge in [0.2, 0.25) is 0 Å². The molecule has 0 radical (unpaired) electrons. The summed E-state index contributed by atoms with van der Waals surface area (Å²) in [5.74, 6) is 0. The fourth-order valence-electron chi connectivity index (χ4n) is 0. The van der Waals surface area contributed by atoms with Gasteiger partial charge in [0.25, 0.3) is 0 Å². The largest absolute Gasteiger partial charge is 4.00 e. The Bertz CT molecular complexity index is 13.7. The van der Waals surface area contributed by atoms with Crippen molar-refractivity contribution in [2.75, 3.05) is 0 Å². The molecule has 0 aliphatic rings. The Hall–Kier alpha value is 4.00. The van der Waals surface area contributed by atoms with Crippen LogP contribution in [-0.2, 0) is 33.3 Å². The van der Waals surface area contributed by atoms with Crippen LogP contribution in [0.4, 0.5) is 0 Å². The van der Waals surface area contributed by atoms with Crippen molar-refractivity contribution in [1.82, 2.24) is 0 Å². The average molecular weight is 607 g/mol. The molecule has 7 heavy (non-hydrogen) atoms. The topological polar surface area (TPSA) is 57.0 Å². The number of hydrogen-bond donors (Lipinski definition) is 0. The quantitative estimate of drug-likeness (QED) is 0.294. The molecule has 0 fully saturated rings. The van der Waals surface area contributed by atoms with Crippen molar-refractivity contribution in [2.45, 2.75) is 0 Å². The maximum atomic E-state index is 0. The van der Waals surface area contributed by atoms with Gasteiger partial charge in [-0.25, -0.2) is 0 Å². The van der Waals surface area contributed by atoms with Gasteiger partial charge >= 0.3 is 122 Å². The van der Waals surface area contributed by atoms with E-state index >= 15 is 0 Å².